The lowest BCUT2D eigenvalue weighted by Crippen LogP contribution is -2.12. The van der Waals surface area contributed by atoms with Crippen molar-refractivity contribution in [3.8, 4) is 0 Å². The van der Waals surface area contributed by atoms with E-state index in [0.29, 0.717) is 13.0 Å². The van der Waals surface area contributed by atoms with Crippen LogP contribution in [0, 0.1) is 0 Å². The highest BCUT2D eigenvalue weighted by Gasteiger charge is 2.04. The fourth-order valence-electron chi connectivity index (χ4n) is 1.12. The Bertz CT molecular complexity index is 301. The summed E-state index contributed by atoms with van der Waals surface area (Å²) >= 11 is 0. The van der Waals surface area contributed by atoms with E-state index in [1.54, 1.807) is 13.0 Å². The number of alkyl halides is 2. The molecule has 16 heavy (non-hydrogen) atoms. The molecule has 0 spiro atoms. The molecule has 0 amide bonds. The Hall–Kier alpha value is -1.38. The lowest BCUT2D eigenvalue weighted by molar-refractivity contribution is 0.194. The fourth-order valence-corrected chi connectivity index (χ4v) is 1.12. The number of halogens is 2. The molecular weight excluding hydrogens is 208 g/mol. The Labute approximate surface area is 96.2 Å². The van der Waals surface area contributed by atoms with E-state index < -0.39 is 6.43 Å². The van der Waals surface area contributed by atoms with Crippen LogP contribution in [0.2, 0.25) is 0 Å². The number of hydrogen-bond donors (Lipinski definition) is 1. The first-order chi connectivity index (χ1) is 7.47. The summed E-state index contributed by atoms with van der Waals surface area (Å²) in [5.41, 5.74) is 1.90. The SMILES string of the molecule is C=C(C)CC(=C)NC/C=C\C(=C/C)C(F)F. The molecule has 0 aliphatic rings. The van der Waals surface area contributed by atoms with Crippen LogP contribution in [0.25, 0.3) is 0 Å². The van der Waals surface area contributed by atoms with Crippen LogP contribution in [-0.4, -0.2) is 13.0 Å². The summed E-state index contributed by atoms with van der Waals surface area (Å²) in [6.45, 7) is 11.6. The molecule has 0 unspecified atom stereocenters. The molecule has 1 N–H and O–H groups in total. The number of rotatable bonds is 7. The van der Waals surface area contributed by atoms with Crippen molar-refractivity contribution in [2.75, 3.05) is 6.54 Å². The average Bonchev–Trinajstić information content (AvgIpc) is 2.16. The van der Waals surface area contributed by atoms with Crippen LogP contribution in [0.15, 0.2) is 48.2 Å². The van der Waals surface area contributed by atoms with E-state index in [-0.39, 0.29) is 5.57 Å². The fraction of sp³-hybridized carbons (Fsp3) is 0.385. The second kappa shape index (κ2) is 7.85. The van der Waals surface area contributed by atoms with Crippen molar-refractivity contribution >= 4 is 0 Å². The first-order valence-corrected chi connectivity index (χ1v) is 5.14. The van der Waals surface area contributed by atoms with Crippen LogP contribution in [-0.2, 0) is 0 Å². The third-order valence-electron chi connectivity index (χ3n) is 1.88. The van der Waals surface area contributed by atoms with Gasteiger partial charge in [0, 0.05) is 24.2 Å². The molecule has 0 saturated heterocycles. The summed E-state index contributed by atoms with van der Waals surface area (Å²) in [5.74, 6) is 0. The summed E-state index contributed by atoms with van der Waals surface area (Å²) in [4.78, 5) is 0. The van der Waals surface area contributed by atoms with E-state index in [1.165, 1.54) is 12.2 Å². The first-order valence-electron chi connectivity index (χ1n) is 5.14. The third-order valence-corrected chi connectivity index (χ3v) is 1.88. The quantitative estimate of drug-likeness (QED) is 0.515. The average molecular weight is 227 g/mol. The lowest BCUT2D eigenvalue weighted by Gasteiger charge is -2.06. The predicted molar refractivity (Wildman–Crippen MR) is 65.5 cm³/mol. The molecule has 0 heterocycles. The molecule has 0 atom stereocenters. The van der Waals surface area contributed by atoms with Crippen LogP contribution >= 0.6 is 0 Å². The van der Waals surface area contributed by atoms with Crippen LogP contribution < -0.4 is 5.32 Å². The Morgan fingerprint density at radius 3 is 2.44 bits per heavy atom. The molecule has 0 aromatic carbocycles. The molecule has 0 aromatic heterocycles. The molecule has 0 fully saturated rings. The Morgan fingerprint density at radius 2 is 2.00 bits per heavy atom. The van der Waals surface area contributed by atoms with Gasteiger partial charge in [-0.25, -0.2) is 8.78 Å². The van der Waals surface area contributed by atoms with Gasteiger partial charge in [-0.1, -0.05) is 37.0 Å². The topological polar surface area (TPSA) is 12.0 Å². The van der Waals surface area contributed by atoms with Crippen molar-refractivity contribution < 1.29 is 8.78 Å². The molecule has 0 aliphatic heterocycles. The maximum Gasteiger partial charge on any atom is 0.263 e. The number of hydrogen-bond acceptors (Lipinski definition) is 1. The molecule has 0 aliphatic carbocycles. The van der Waals surface area contributed by atoms with E-state index in [0.717, 1.165) is 11.3 Å². The molecule has 0 bridgehead atoms. The summed E-state index contributed by atoms with van der Waals surface area (Å²) in [6, 6.07) is 0. The lowest BCUT2D eigenvalue weighted by atomic mass is 10.2. The van der Waals surface area contributed by atoms with Gasteiger partial charge in [0.2, 0.25) is 0 Å². The van der Waals surface area contributed by atoms with E-state index in [1.807, 2.05) is 6.92 Å². The van der Waals surface area contributed by atoms with E-state index in [2.05, 4.69) is 18.5 Å². The van der Waals surface area contributed by atoms with Gasteiger partial charge in [0.25, 0.3) is 6.43 Å². The van der Waals surface area contributed by atoms with Crippen molar-refractivity contribution in [1.29, 1.82) is 0 Å². The van der Waals surface area contributed by atoms with E-state index in [4.69, 9.17) is 0 Å². The van der Waals surface area contributed by atoms with Gasteiger partial charge in [0.15, 0.2) is 0 Å². The molecule has 1 nitrogen and oxygen atoms in total. The summed E-state index contributed by atoms with van der Waals surface area (Å²) in [5, 5.41) is 3.02. The minimum atomic E-state index is -2.42. The predicted octanol–water partition coefficient (Wildman–Crippen LogP) is 3.82. The molecule has 0 saturated carbocycles. The molecule has 0 rings (SSSR count). The number of allylic oxidation sites excluding steroid dienone is 4. The molecule has 90 valence electrons. The summed E-state index contributed by atoms with van der Waals surface area (Å²) in [7, 11) is 0. The second-order valence-electron chi connectivity index (χ2n) is 3.61. The van der Waals surface area contributed by atoms with Crippen molar-refractivity contribution in [2.45, 2.75) is 26.7 Å². The highest BCUT2D eigenvalue weighted by molar-refractivity contribution is 5.20. The third kappa shape index (κ3) is 6.98. The first kappa shape index (κ1) is 14.6. The monoisotopic (exact) mass is 227 g/mol. The Balaban J connectivity index is 3.94. The minimum Gasteiger partial charge on any atom is -0.385 e. The maximum absolute atomic E-state index is 12.3. The normalized spacial score (nSPS) is 12.2. The van der Waals surface area contributed by atoms with Gasteiger partial charge in [-0.15, -0.1) is 0 Å². The molecule has 3 heteroatoms. The van der Waals surface area contributed by atoms with Crippen molar-refractivity contribution in [3.63, 3.8) is 0 Å². The van der Waals surface area contributed by atoms with E-state index >= 15 is 0 Å². The van der Waals surface area contributed by atoms with Gasteiger partial charge >= 0.3 is 0 Å². The van der Waals surface area contributed by atoms with Gasteiger partial charge in [-0.05, 0) is 13.8 Å². The molecule has 0 radical (unpaired) electrons. The van der Waals surface area contributed by atoms with Crippen LogP contribution in [0.3, 0.4) is 0 Å². The van der Waals surface area contributed by atoms with Crippen molar-refractivity contribution in [3.05, 3.63) is 48.2 Å². The van der Waals surface area contributed by atoms with Crippen molar-refractivity contribution in [2.24, 2.45) is 0 Å². The van der Waals surface area contributed by atoms with Gasteiger partial charge in [-0.3, -0.25) is 0 Å². The zero-order chi connectivity index (χ0) is 12.6. The van der Waals surface area contributed by atoms with Crippen LogP contribution in [0.1, 0.15) is 20.3 Å². The minimum absolute atomic E-state index is 0.0345. The zero-order valence-electron chi connectivity index (χ0n) is 9.89. The van der Waals surface area contributed by atoms with Crippen LogP contribution in [0.4, 0.5) is 8.78 Å². The van der Waals surface area contributed by atoms with Gasteiger partial charge in [-0.2, -0.15) is 0 Å². The zero-order valence-corrected chi connectivity index (χ0v) is 9.89. The largest absolute Gasteiger partial charge is 0.385 e. The van der Waals surface area contributed by atoms with E-state index in [9.17, 15) is 8.78 Å². The highest BCUT2D eigenvalue weighted by Crippen LogP contribution is 2.09. The van der Waals surface area contributed by atoms with Crippen molar-refractivity contribution in [1.82, 2.24) is 5.32 Å². The van der Waals surface area contributed by atoms with Gasteiger partial charge < -0.3 is 5.32 Å². The smallest absolute Gasteiger partial charge is 0.263 e. The molecule has 0 aromatic rings. The van der Waals surface area contributed by atoms with Gasteiger partial charge in [0.1, 0.15) is 0 Å². The second-order valence-corrected chi connectivity index (χ2v) is 3.61. The summed E-state index contributed by atoms with van der Waals surface area (Å²) in [6.07, 6.45) is 2.78. The van der Waals surface area contributed by atoms with Crippen LogP contribution in [0.5, 0.6) is 0 Å². The van der Waals surface area contributed by atoms with Gasteiger partial charge in [0.05, 0.1) is 0 Å². The Morgan fingerprint density at radius 1 is 1.38 bits per heavy atom. The maximum atomic E-state index is 12.3. The Kier molecular flexibility index (Phi) is 7.18. The summed E-state index contributed by atoms with van der Waals surface area (Å²) < 4.78 is 24.6. The molecular formula is C13H19F2N. The number of nitrogens with one attached hydrogen (secondary N) is 1. The highest BCUT2D eigenvalue weighted by atomic mass is 19.3. The standard InChI is InChI=1S/C13H19F2N/c1-5-12(13(14)15)7-6-8-16-11(4)9-10(2)3/h5-7,13,16H,2,4,8-9H2,1,3H3/b7-6-,12-5+.